The first-order valence-electron chi connectivity index (χ1n) is 8.59. The van der Waals surface area contributed by atoms with Crippen LogP contribution in [0, 0.1) is 0 Å². The Morgan fingerprint density at radius 1 is 1.04 bits per heavy atom. The van der Waals surface area contributed by atoms with Crippen molar-refractivity contribution in [3.05, 3.63) is 75.7 Å². The van der Waals surface area contributed by atoms with E-state index >= 15 is 0 Å². The number of benzene rings is 2. The molecule has 140 valence electrons. The minimum atomic E-state index is -0.275. The molecular formula is C20H22N4O3. The van der Waals surface area contributed by atoms with Gasteiger partial charge >= 0.3 is 0 Å². The van der Waals surface area contributed by atoms with Gasteiger partial charge in [-0.2, -0.15) is 0 Å². The van der Waals surface area contributed by atoms with Crippen molar-refractivity contribution in [1.29, 1.82) is 0 Å². The Morgan fingerprint density at radius 2 is 1.78 bits per heavy atom. The molecule has 27 heavy (non-hydrogen) atoms. The number of hydrogen-bond acceptors (Lipinski definition) is 6. The Balaban J connectivity index is 1.74. The van der Waals surface area contributed by atoms with Gasteiger partial charge in [0, 0.05) is 6.42 Å². The molecule has 2 N–H and O–H groups in total. The smallest absolute Gasteiger partial charge is 0.274 e. The normalized spacial score (nSPS) is 11.7. The van der Waals surface area contributed by atoms with E-state index in [9.17, 15) is 4.79 Å². The highest BCUT2D eigenvalue weighted by atomic mass is 16.5. The van der Waals surface area contributed by atoms with Gasteiger partial charge in [0.1, 0.15) is 5.69 Å². The summed E-state index contributed by atoms with van der Waals surface area (Å²) >= 11 is 0. The van der Waals surface area contributed by atoms with Crippen molar-refractivity contribution in [3.8, 4) is 11.5 Å². The number of H-pyrrole nitrogens is 1. The zero-order valence-corrected chi connectivity index (χ0v) is 15.5. The molecule has 0 amide bonds. The molecule has 0 saturated heterocycles. The average Bonchev–Trinajstić information content (AvgIpc) is 2.70. The summed E-state index contributed by atoms with van der Waals surface area (Å²) in [6.07, 6.45) is 0.344. The van der Waals surface area contributed by atoms with E-state index < -0.39 is 0 Å². The number of aromatic amines is 1. The van der Waals surface area contributed by atoms with Crippen LogP contribution in [0.1, 0.15) is 29.8 Å². The van der Waals surface area contributed by atoms with Crippen molar-refractivity contribution in [2.45, 2.75) is 19.4 Å². The summed E-state index contributed by atoms with van der Waals surface area (Å²) in [6.45, 7) is 1.99. The van der Waals surface area contributed by atoms with Gasteiger partial charge < -0.3 is 14.8 Å². The minimum absolute atomic E-state index is 0.00662. The molecule has 2 aromatic carbocycles. The van der Waals surface area contributed by atoms with Crippen LogP contribution >= 0.6 is 0 Å². The first kappa shape index (κ1) is 18.4. The third kappa shape index (κ3) is 4.44. The molecule has 3 aromatic rings. The number of ether oxygens (including phenoxy) is 2. The number of aromatic nitrogens is 3. The largest absolute Gasteiger partial charge is 0.493 e. The van der Waals surface area contributed by atoms with E-state index in [0.29, 0.717) is 29.6 Å². The third-order valence-electron chi connectivity index (χ3n) is 4.24. The monoisotopic (exact) mass is 366 g/mol. The molecule has 0 aliphatic rings. The molecule has 7 nitrogen and oxygen atoms in total. The first-order valence-corrected chi connectivity index (χ1v) is 8.59. The molecule has 0 fully saturated rings. The Bertz CT molecular complexity index is 957. The molecule has 0 aliphatic heterocycles. The number of hydrogen-bond donors (Lipinski definition) is 2. The summed E-state index contributed by atoms with van der Waals surface area (Å²) in [5, 5.41) is 11.4. The minimum Gasteiger partial charge on any atom is -0.493 e. The Labute approximate surface area is 157 Å². The number of methoxy groups -OCH3 is 2. The highest BCUT2D eigenvalue weighted by Gasteiger charge is 2.11. The summed E-state index contributed by atoms with van der Waals surface area (Å²) < 4.78 is 10.5. The van der Waals surface area contributed by atoms with Gasteiger partial charge in [0.15, 0.2) is 11.5 Å². The molecule has 3 rings (SSSR count). The van der Waals surface area contributed by atoms with Crippen molar-refractivity contribution >= 4 is 5.95 Å². The molecular weight excluding hydrogens is 344 g/mol. The Hall–Kier alpha value is -3.35. The fourth-order valence-corrected chi connectivity index (χ4v) is 2.76. The summed E-state index contributed by atoms with van der Waals surface area (Å²) in [4.78, 5) is 15.1. The van der Waals surface area contributed by atoms with E-state index in [1.165, 1.54) is 0 Å². The fraction of sp³-hybridized carbons (Fsp3) is 0.250. The molecule has 0 aliphatic carbocycles. The zero-order chi connectivity index (χ0) is 19.2. The standard InChI is InChI=1S/C20H22N4O3/c1-13(15-7-5-4-6-8-15)21-20-22-19(25)16(23-24-20)11-14-9-10-17(26-2)18(12-14)27-3/h4-10,12-13H,11H2,1-3H3,(H2,21,22,24,25). The highest BCUT2D eigenvalue weighted by molar-refractivity contribution is 5.43. The van der Waals surface area contributed by atoms with E-state index in [4.69, 9.17) is 9.47 Å². The number of rotatable bonds is 7. The van der Waals surface area contributed by atoms with Gasteiger partial charge in [0.25, 0.3) is 5.56 Å². The molecule has 1 unspecified atom stereocenters. The lowest BCUT2D eigenvalue weighted by molar-refractivity contribution is 0.354. The van der Waals surface area contributed by atoms with Crippen LogP contribution in [0.2, 0.25) is 0 Å². The van der Waals surface area contributed by atoms with Gasteiger partial charge in [-0.1, -0.05) is 36.4 Å². The van der Waals surface area contributed by atoms with Crippen LogP contribution in [0.25, 0.3) is 0 Å². The van der Waals surface area contributed by atoms with Crippen molar-refractivity contribution in [3.63, 3.8) is 0 Å². The van der Waals surface area contributed by atoms with E-state index in [1.807, 2.05) is 49.4 Å². The van der Waals surface area contributed by atoms with Gasteiger partial charge in [0.2, 0.25) is 5.95 Å². The summed E-state index contributed by atoms with van der Waals surface area (Å²) in [5.41, 5.74) is 2.03. The molecule has 0 saturated carbocycles. The number of anilines is 1. The fourth-order valence-electron chi connectivity index (χ4n) is 2.76. The predicted octanol–water partition coefficient (Wildman–Crippen LogP) is 2.95. The van der Waals surface area contributed by atoms with Gasteiger partial charge in [0.05, 0.1) is 20.3 Å². The first-order chi connectivity index (χ1) is 13.1. The number of nitrogens with one attached hydrogen (secondary N) is 2. The lowest BCUT2D eigenvalue weighted by Gasteiger charge is -2.14. The van der Waals surface area contributed by atoms with Crippen molar-refractivity contribution in [2.75, 3.05) is 19.5 Å². The second kappa shape index (κ2) is 8.35. The van der Waals surface area contributed by atoms with Crippen LogP contribution in [0.5, 0.6) is 11.5 Å². The van der Waals surface area contributed by atoms with Crippen LogP contribution in [-0.4, -0.2) is 29.4 Å². The van der Waals surface area contributed by atoms with Gasteiger partial charge in [-0.05, 0) is 30.2 Å². The maximum atomic E-state index is 12.4. The van der Waals surface area contributed by atoms with E-state index in [0.717, 1.165) is 11.1 Å². The van der Waals surface area contributed by atoms with E-state index in [2.05, 4.69) is 20.5 Å². The second-order valence-corrected chi connectivity index (χ2v) is 6.09. The van der Waals surface area contributed by atoms with Crippen molar-refractivity contribution in [1.82, 2.24) is 15.2 Å². The van der Waals surface area contributed by atoms with Crippen LogP contribution in [0.15, 0.2) is 53.3 Å². The molecule has 0 bridgehead atoms. The SMILES string of the molecule is COc1ccc(Cc2nnc(NC(C)c3ccccc3)[nH]c2=O)cc1OC. The molecule has 1 aromatic heterocycles. The van der Waals surface area contributed by atoms with Gasteiger partial charge in [-0.15, -0.1) is 10.2 Å². The lowest BCUT2D eigenvalue weighted by Crippen LogP contribution is -2.21. The van der Waals surface area contributed by atoms with Crippen LogP contribution in [0.3, 0.4) is 0 Å². The molecule has 7 heteroatoms. The Morgan fingerprint density at radius 3 is 2.44 bits per heavy atom. The van der Waals surface area contributed by atoms with E-state index in [-0.39, 0.29) is 11.6 Å². The van der Waals surface area contributed by atoms with Gasteiger partial charge in [-0.3, -0.25) is 9.78 Å². The van der Waals surface area contributed by atoms with Crippen molar-refractivity contribution in [2.24, 2.45) is 0 Å². The third-order valence-corrected chi connectivity index (χ3v) is 4.24. The Kier molecular flexibility index (Phi) is 5.71. The van der Waals surface area contributed by atoms with Crippen LogP contribution in [0.4, 0.5) is 5.95 Å². The highest BCUT2D eigenvalue weighted by Crippen LogP contribution is 2.28. The van der Waals surface area contributed by atoms with Gasteiger partial charge in [-0.25, -0.2) is 0 Å². The average molecular weight is 366 g/mol. The van der Waals surface area contributed by atoms with E-state index in [1.54, 1.807) is 20.3 Å². The van der Waals surface area contributed by atoms with Crippen LogP contribution < -0.4 is 20.3 Å². The maximum Gasteiger partial charge on any atom is 0.274 e. The number of nitrogens with zero attached hydrogens (tertiary/aromatic N) is 2. The summed E-state index contributed by atoms with van der Waals surface area (Å²) in [6, 6.07) is 15.4. The molecule has 0 radical (unpaired) electrons. The zero-order valence-electron chi connectivity index (χ0n) is 15.5. The molecule has 0 spiro atoms. The summed E-state index contributed by atoms with van der Waals surface area (Å²) in [5.74, 6) is 1.58. The van der Waals surface area contributed by atoms with Crippen LogP contribution in [-0.2, 0) is 6.42 Å². The second-order valence-electron chi connectivity index (χ2n) is 6.09. The predicted molar refractivity (Wildman–Crippen MR) is 103 cm³/mol. The lowest BCUT2D eigenvalue weighted by atomic mass is 10.1. The summed E-state index contributed by atoms with van der Waals surface area (Å²) in [7, 11) is 3.15. The topological polar surface area (TPSA) is 89.1 Å². The quantitative estimate of drug-likeness (QED) is 0.668. The maximum absolute atomic E-state index is 12.4. The molecule has 1 atom stereocenters. The van der Waals surface area contributed by atoms with Crippen molar-refractivity contribution < 1.29 is 9.47 Å². The molecule has 1 heterocycles.